The van der Waals surface area contributed by atoms with Crippen LogP contribution in [0.4, 0.5) is 5.13 Å². The average molecular weight is 520 g/mol. The zero-order valence-electron chi connectivity index (χ0n) is 17.7. The van der Waals surface area contributed by atoms with Gasteiger partial charge in [-0.1, -0.05) is 11.2 Å². The molecule has 0 aromatic carbocycles. The van der Waals surface area contributed by atoms with Crippen LogP contribution in [-0.4, -0.2) is 72.6 Å². The molecule has 16 heteroatoms. The van der Waals surface area contributed by atoms with Crippen LogP contribution in [0.15, 0.2) is 47.0 Å². The molecule has 0 spiro atoms. The van der Waals surface area contributed by atoms with Gasteiger partial charge in [0.15, 0.2) is 24.1 Å². The van der Waals surface area contributed by atoms with E-state index in [1.807, 2.05) is 6.07 Å². The minimum absolute atomic E-state index is 0.0278. The van der Waals surface area contributed by atoms with Crippen LogP contribution >= 0.6 is 23.3 Å². The van der Waals surface area contributed by atoms with E-state index in [0.717, 1.165) is 16.4 Å². The van der Waals surface area contributed by atoms with E-state index in [0.29, 0.717) is 11.3 Å². The lowest BCUT2D eigenvalue weighted by Crippen LogP contribution is -2.71. The highest BCUT2D eigenvalue weighted by molar-refractivity contribution is 8.00. The number of hydrogen-bond donors (Lipinski definition) is 3. The first-order chi connectivity index (χ1) is 16.8. The Balaban J connectivity index is 1.52. The standard InChI is InChI=1S/C19H17N7O7S2/c20-19-22-14(24-35-19)11(23-33-7-10(27)28)15(29)21-12-16(30)26-13(18(31)32)9(8-34-17(12)26)6-25-4-2-1-3-5-25/h1-5,12,17H,6-8H2,(H4-,20,21,22,24,27,28,29,31,32)/t12?,17-/m1/s1. The van der Waals surface area contributed by atoms with Crippen molar-refractivity contribution in [2.45, 2.75) is 18.0 Å². The third kappa shape index (κ3) is 5.07. The smallest absolute Gasteiger partial charge is 0.344 e. The van der Waals surface area contributed by atoms with Crippen molar-refractivity contribution in [1.29, 1.82) is 0 Å². The SMILES string of the molecule is Nc1nc(C(=NOCC(=O)O)C(=O)NC2C(=O)N3C(C(=O)[O-])=C(C[n+]4ccccc4)CS[C@H]23)ns1. The van der Waals surface area contributed by atoms with Gasteiger partial charge in [0.25, 0.3) is 11.8 Å². The summed E-state index contributed by atoms with van der Waals surface area (Å²) < 4.78 is 5.63. The van der Waals surface area contributed by atoms with Crippen LogP contribution in [-0.2, 0) is 30.6 Å². The predicted molar refractivity (Wildman–Crippen MR) is 118 cm³/mol. The third-order valence-corrected chi connectivity index (χ3v) is 6.77. The van der Waals surface area contributed by atoms with Crippen molar-refractivity contribution < 1.29 is 38.8 Å². The van der Waals surface area contributed by atoms with Crippen molar-refractivity contribution in [2.24, 2.45) is 5.16 Å². The first kappa shape index (κ1) is 24.1. The fraction of sp³-hybridized carbons (Fsp3) is 0.263. The summed E-state index contributed by atoms with van der Waals surface area (Å²) >= 11 is 2.05. The largest absolute Gasteiger partial charge is 0.543 e. The van der Waals surface area contributed by atoms with Crippen LogP contribution in [0.1, 0.15) is 5.82 Å². The first-order valence-corrected chi connectivity index (χ1v) is 11.7. The van der Waals surface area contributed by atoms with E-state index in [1.54, 1.807) is 29.1 Å². The van der Waals surface area contributed by atoms with Gasteiger partial charge in [-0.25, -0.2) is 9.36 Å². The number of nitrogens with zero attached hydrogens (tertiary/aromatic N) is 5. The Hall–Kier alpha value is -4.05. The van der Waals surface area contributed by atoms with Crippen LogP contribution in [0.5, 0.6) is 0 Å². The molecule has 2 aliphatic rings. The number of carboxylic acid groups (broad SMARTS) is 2. The number of pyridine rings is 1. The maximum atomic E-state index is 12.9. The zero-order valence-corrected chi connectivity index (χ0v) is 19.3. The number of thioether (sulfide) groups is 1. The molecule has 0 bridgehead atoms. The maximum absolute atomic E-state index is 12.9. The second-order valence-electron chi connectivity index (χ2n) is 7.21. The lowest BCUT2D eigenvalue weighted by molar-refractivity contribution is -0.689. The normalized spacial score (nSPS) is 19.6. The van der Waals surface area contributed by atoms with Crippen LogP contribution in [0.25, 0.3) is 0 Å². The number of amides is 2. The van der Waals surface area contributed by atoms with Crippen LogP contribution in [0.2, 0.25) is 0 Å². The highest BCUT2D eigenvalue weighted by Crippen LogP contribution is 2.40. The van der Waals surface area contributed by atoms with E-state index in [1.165, 1.54) is 11.8 Å². The maximum Gasteiger partial charge on any atom is 0.344 e. The van der Waals surface area contributed by atoms with Crippen molar-refractivity contribution in [3.05, 3.63) is 47.7 Å². The quantitative estimate of drug-likeness (QED) is 0.135. The number of hydrogen-bond acceptors (Lipinski definition) is 12. The number of oxime groups is 1. The van der Waals surface area contributed by atoms with Gasteiger partial charge in [-0.15, -0.1) is 11.8 Å². The zero-order chi connectivity index (χ0) is 25.1. The van der Waals surface area contributed by atoms with Gasteiger partial charge in [0.2, 0.25) is 18.1 Å². The Labute approximate surface area is 205 Å². The lowest BCUT2D eigenvalue weighted by atomic mass is 10.0. The van der Waals surface area contributed by atoms with Gasteiger partial charge < -0.3 is 30.9 Å². The van der Waals surface area contributed by atoms with Crippen molar-refractivity contribution in [2.75, 3.05) is 18.1 Å². The summed E-state index contributed by atoms with van der Waals surface area (Å²) in [5.41, 5.74) is 5.33. The molecule has 0 saturated carbocycles. The van der Waals surface area contributed by atoms with Crippen molar-refractivity contribution >= 4 is 57.9 Å². The molecule has 4 N–H and O–H groups in total. The predicted octanol–water partition coefficient (Wildman–Crippen LogP) is -2.68. The van der Waals surface area contributed by atoms with Crippen molar-refractivity contribution in [3.8, 4) is 0 Å². The summed E-state index contributed by atoms with van der Waals surface area (Å²) in [6.07, 6.45) is 3.54. The Morgan fingerprint density at radius 1 is 1.34 bits per heavy atom. The highest BCUT2D eigenvalue weighted by Gasteiger charge is 2.53. The molecular formula is C19H17N7O7S2. The van der Waals surface area contributed by atoms with Gasteiger partial charge in [0, 0.05) is 35.0 Å². The summed E-state index contributed by atoms with van der Waals surface area (Å²) in [5.74, 6) is -4.31. The molecule has 1 fully saturated rings. The Morgan fingerprint density at radius 2 is 2.09 bits per heavy atom. The minimum Gasteiger partial charge on any atom is -0.543 e. The number of nitrogens with one attached hydrogen (secondary N) is 1. The number of nitrogens with two attached hydrogens (primary N) is 1. The number of nitrogen functional groups attached to an aromatic ring is 1. The molecule has 4 rings (SSSR count). The molecule has 4 heterocycles. The molecule has 2 amide bonds. The van der Waals surface area contributed by atoms with E-state index in [2.05, 4.69) is 24.7 Å². The fourth-order valence-electron chi connectivity index (χ4n) is 3.43. The van der Waals surface area contributed by atoms with Gasteiger partial charge >= 0.3 is 5.97 Å². The van der Waals surface area contributed by atoms with Gasteiger partial charge in [-0.3, -0.25) is 14.5 Å². The molecule has 2 atom stereocenters. The summed E-state index contributed by atoms with van der Waals surface area (Å²) in [5, 5.41) is 25.9. The van der Waals surface area contributed by atoms with E-state index < -0.39 is 47.5 Å². The molecule has 0 radical (unpaired) electrons. The second kappa shape index (κ2) is 10.1. The monoisotopic (exact) mass is 519 g/mol. The van der Waals surface area contributed by atoms with E-state index in [-0.39, 0.29) is 23.2 Å². The summed E-state index contributed by atoms with van der Waals surface area (Å²) in [7, 11) is 0. The van der Waals surface area contributed by atoms with Gasteiger partial charge in [0.05, 0.1) is 11.7 Å². The first-order valence-electron chi connectivity index (χ1n) is 9.90. The third-order valence-electron chi connectivity index (χ3n) is 4.89. The second-order valence-corrected chi connectivity index (χ2v) is 9.10. The highest BCUT2D eigenvalue weighted by atomic mass is 32.2. The number of carbonyl (C=O) groups is 4. The molecule has 2 aromatic heterocycles. The molecule has 14 nitrogen and oxygen atoms in total. The fourth-order valence-corrected chi connectivity index (χ4v) is 5.20. The Kier molecular flexibility index (Phi) is 6.92. The number of carboxylic acids is 2. The number of rotatable bonds is 9. The Morgan fingerprint density at radius 3 is 2.71 bits per heavy atom. The molecule has 0 aliphatic carbocycles. The van der Waals surface area contributed by atoms with Crippen LogP contribution in [0.3, 0.4) is 0 Å². The molecular weight excluding hydrogens is 502 g/mol. The van der Waals surface area contributed by atoms with Crippen LogP contribution in [0, 0.1) is 0 Å². The van der Waals surface area contributed by atoms with Gasteiger partial charge in [0.1, 0.15) is 11.4 Å². The van der Waals surface area contributed by atoms with Gasteiger partial charge in [-0.2, -0.15) is 9.36 Å². The van der Waals surface area contributed by atoms with E-state index in [4.69, 9.17) is 10.8 Å². The average Bonchev–Trinajstić information content (AvgIpc) is 3.25. The lowest BCUT2D eigenvalue weighted by Gasteiger charge is -2.50. The minimum atomic E-state index is -1.49. The molecule has 2 aliphatic heterocycles. The summed E-state index contributed by atoms with van der Waals surface area (Å²) in [6, 6.07) is 4.33. The molecule has 1 saturated heterocycles. The topological polar surface area (TPSA) is 204 Å². The summed E-state index contributed by atoms with van der Waals surface area (Å²) in [4.78, 5) is 57.9. The van der Waals surface area contributed by atoms with E-state index in [9.17, 15) is 24.3 Å². The van der Waals surface area contributed by atoms with Gasteiger partial charge in [-0.05, 0) is 0 Å². The number of fused-ring (bicyclic) bond motifs is 1. The molecule has 1 unspecified atom stereocenters. The number of β-lactam (4-membered cyclic amide) rings is 1. The number of aliphatic carboxylic acids is 2. The summed E-state index contributed by atoms with van der Waals surface area (Å²) in [6.45, 7) is -0.577. The Bertz CT molecular complexity index is 1250. The van der Waals surface area contributed by atoms with Crippen LogP contribution < -0.4 is 20.7 Å². The van der Waals surface area contributed by atoms with Crippen molar-refractivity contribution in [3.63, 3.8) is 0 Å². The molecule has 35 heavy (non-hydrogen) atoms. The number of carbonyl (C=O) groups excluding carboxylic acids is 3. The van der Waals surface area contributed by atoms with Crippen molar-refractivity contribution in [1.82, 2.24) is 19.6 Å². The number of aromatic nitrogens is 3. The molecule has 182 valence electrons. The molecule has 2 aromatic rings. The van der Waals surface area contributed by atoms with E-state index >= 15 is 0 Å². The number of anilines is 1.